The average molecular weight is 263 g/mol. The van der Waals surface area contributed by atoms with E-state index in [9.17, 15) is 0 Å². The molecule has 1 aliphatic heterocycles. The van der Waals surface area contributed by atoms with Crippen LogP contribution in [0.15, 0.2) is 24.7 Å². The Balaban J connectivity index is 1.88. The van der Waals surface area contributed by atoms with E-state index in [1.165, 1.54) is 25.0 Å². The predicted octanol–water partition coefficient (Wildman–Crippen LogP) is 2.68. The van der Waals surface area contributed by atoms with Crippen molar-refractivity contribution in [1.29, 1.82) is 0 Å². The Morgan fingerprint density at radius 2 is 2.42 bits per heavy atom. The van der Waals surface area contributed by atoms with Gasteiger partial charge in [0.25, 0.3) is 0 Å². The quantitative estimate of drug-likeness (QED) is 0.633. The molecule has 0 saturated carbocycles. The topological polar surface area (TPSA) is 39.1 Å². The SMILES string of the molecule is C=C(C)COCCn1cncc1C1CCCC(C)N1. The van der Waals surface area contributed by atoms with Gasteiger partial charge in [0.1, 0.15) is 0 Å². The highest BCUT2D eigenvalue weighted by molar-refractivity contribution is 5.07. The van der Waals surface area contributed by atoms with Crippen LogP contribution < -0.4 is 5.32 Å². The van der Waals surface area contributed by atoms with Crippen LogP contribution in [-0.2, 0) is 11.3 Å². The van der Waals surface area contributed by atoms with Gasteiger partial charge in [0.2, 0.25) is 0 Å². The van der Waals surface area contributed by atoms with Crippen LogP contribution in [-0.4, -0.2) is 28.8 Å². The molecule has 1 aromatic rings. The van der Waals surface area contributed by atoms with E-state index in [0.29, 0.717) is 25.3 Å². The monoisotopic (exact) mass is 263 g/mol. The molecule has 4 nitrogen and oxygen atoms in total. The summed E-state index contributed by atoms with van der Waals surface area (Å²) in [7, 11) is 0. The molecule has 2 unspecified atom stereocenters. The van der Waals surface area contributed by atoms with Crippen molar-refractivity contribution in [2.75, 3.05) is 13.2 Å². The largest absolute Gasteiger partial charge is 0.375 e. The van der Waals surface area contributed by atoms with Crippen LogP contribution in [0.4, 0.5) is 0 Å². The van der Waals surface area contributed by atoms with E-state index in [1.807, 2.05) is 19.4 Å². The third kappa shape index (κ3) is 4.18. The minimum absolute atomic E-state index is 0.437. The minimum Gasteiger partial charge on any atom is -0.375 e. The Kier molecular flexibility index (Phi) is 5.16. The molecule has 0 spiro atoms. The summed E-state index contributed by atoms with van der Waals surface area (Å²) in [4.78, 5) is 4.29. The molecule has 0 bridgehead atoms. The van der Waals surface area contributed by atoms with Gasteiger partial charge in [-0.15, -0.1) is 0 Å². The van der Waals surface area contributed by atoms with Crippen LogP contribution >= 0.6 is 0 Å². The molecule has 1 fully saturated rings. The number of hydrogen-bond donors (Lipinski definition) is 1. The molecule has 2 heterocycles. The average Bonchev–Trinajstić information content (AvgIpc) is 2.83. The van der Waals surface area contributed by atoms with Gasteiger partial charge < -0.3 is 14.6 Å². The van der Waals surface area contributed by atoms with E-state index in [0.717, 1.165) is 12.1 Å². The van der Waals surface area contributed by atoms with Gasteiger partial charge in [0.05, 0.1) is 25.2 Å². The predicted molar refractivity (Wildman–Crippen MR) is 77.0 cm³/mol. The van der Waals surface area contributed by atoms with Gasteiger partial charge in [0, 0.05) is 24.8 Å². The van der Waals surface area contributed by atoms with Crippen LogP contribution in [0.2, 0.25) is 0 Å². The lowest BCUT2D eigenvalue weighted by Crippen LogP contribution is -2.35. The van der Waals surface area contributed by atoms with Crippen molar-refractivity contribution in [3.63, 3.8) is 0 Å². The minimum atomic E-state index is 0.437. The number of ether oxygens (including phenoxy) is 1. The zero-order valence-electron chi connectivity index (χ0n) is 12.1. The number of nitrogens with zero attached hydrogens (tertiary/aromatic N) is 2. The molecule has 2 rings (SSSR count). The molecule has 2 atom stereocenters. The zero-order chi connectivity index (χ0) is 13.7. The van der Waals surface area contributed by atoms with E-state index in [-0.39, 0.29) is 0 Å². The highest BCUT2D eigenvalue weighted by Gasteiger charge is 2.21. The molecule has 1 aromatic heterocycles. The van der Waals surface area contributed by atoms with E-state index < -0.39 is 0 Å². The molecule has 1 N–H and O–H groups in total. The summed E-state index contributed by atoms with van der Waals surface area (Å²) in [6, 6.07) is 1.04. The third-order valence-electron chi connectivity index (χ3n) is 3.54. The van der Waals surface area contributed by atoms with Gasteiger partial charge in [-0.05, 0) is 33.1 Å². The van der Waals surface area contributed by atoms with Gasteiger partial charge in [-0.25, -0.2) is 4.98 Å². The van der Waals surface area contributed by atoms with Crippen molar-refractivity contribution >= 4 is 0 Å². The van der Waals surface area contributed by atoms with E-state index in [2.05, 4.69) is 28.4 Å². The fourth-order valence-electron chi connectivity index (χ4n) is 2.59. The zero-order valence-corrected chi connectivity index (χ0v) is 12.1. The van der Waals surface area contributed by atoms with Crippen LogP contribution in [0.1, 0.15) is 44.8 Å². The highest BCUT2D eigenvalue weighted by atomic mass is 16.5. The van der Waals surface area contributed by atoms with Crippen LogP contribution in [0, 0.1) is 0 Å². The summed E-state index contributed by atoms with van der Waals surface area (Å²) >= 11 is 0. The first-order valence-corrected chi connectivity index (χ1v) is 7.15. The van der Waals surface area contributed by atoms with Gasteiger partial charge in [0.15, 0.2) is 0 Å². The molecule has 106 valence electrons. The lowest BCUT2D eigenvalue weighted by Gasteiger charge is -2.29. The van der Waals surface area contributed by atoms with E-state index >= 15 is 0 Å². The number of nitrogens with one attached hydrogen (secondary N) is 1. The van der Waals surface area contributed by atoms with Crippen molar-refractivity contribution < 1.29 is 4.74 Å². The molecule has 1 aliphatic rings. The lowest BCUT2D eigenvalue weighted by molar-refractivity contribution is 0.146. The fraction of sp³-hybridized carbons (Fsp3) is 0.667. The summed E-state index contributed by atoms with van der Waals surface area (Å²) in [5.41, 5.74) is 2.35. The van der Waals surface area contributed by atoms with Crippen LogP contribution in [0.5, 0.6) is 0 Å². The van der Waals surface area contributed by atoms with Crippen LogP contribution in [0.25, 0.3) is 0 Å². The Morgan fingerprint density at radius 1 is 1.58 bits per heavy atom. The molecule has 0 aromatic carbocycles. The summed E-state index contributed by atoms with van der Waals surface area (Å²) in [6.45, 7) is 10.3. The maximum absolute atomic E-state index is 5.56. The molecular weight excluding hydrogens is 238 g/mol. The van der Waals surface area contributed by atoms with Crippen molar-refractivity contribution in [2.24, 2.45) is 0 Å². The molecule has 0 amide bonds. The summed E-state index contributed by atoms with van der Waals surface area (Å²) in [5.74, 6) is 0. The molecule has 19 heavy (non-hydrogen) atoms. The normalized spacial score (nSPS) is 23.5. The van der Waals surface area contributed by atoms with Gasteiger partial charge >= 0.3 is 0 Å². The standard InChI is InChI=1S/C15H25N3O/c1-12(2)10-19-8-7-18-11-16-9-15(18)14-6-4-5-13(3)17-14/h9,11,13-14,17H,1,4-8,10H2,2-3H3. The Labute approximate surface area is 115 Å². The van der Waals surface area contributed by atoms with Crippen molar-refractivity contribution in [3.8, 4) is 0 Å². The number of piperidine rings is 1. The molecular formula is C15H25N3O. The first kappa shape index (κ1) is 14.3. The first-order valence-electron chi connectivity index (χ1n) is 7.15. The van der Waals surface area contributed by atoms with Crippen molar-refractivity contribution in [1.82, 2.24) is 14.9 Å². The number of aromatic nitrogens is 2. The van der Waals surface area contributed by atoms with Crippen molar-refractivity contribution in [3.05, 3.63) is 30.4 Å². The second kappa shape index (κ2) is 6.87. The number of imidazole rings is 1. The lowest BCUT2D eigenvalue weighted by atomic mass is 9.97. The van der Waals surface area contributed by atoms with Crippen molar-refractivity contribution in [2.45, 2.75) is 51.7 Å². The fourth-order valence-corrected chi connectivity index (χ4v) is 2.59. The second-order valence-corrected chi connectivity index (χ2v) is 5.57. The Bertz CT molecular complexity index is 413. The second-order valence-electron chi connectivity index (χ2n) is 5.57. The summed E-state index contributed by atoms with van der Waals surface area (Å²) < 4.78 is 7.77. The first-order chi connectivity index (χ1) is 9.16. The molecule has 0 aliphatic carbocycles. The molecule has 4 heteroatoms. The maximum Gasteiger partial charge on any atom is 0.0949 e. The maximum atomic E-state index is 5.56. The Morgan fingerprint density at radius 3 is 3.16 bits per heavy atom. The molecule has 0 radical (unpaired) electrons. The van der Waals surface area contributed by atoms with E-state index in [1.54, 1.807) is 0 Å². The van der Waals surface area contributed by atoms with Gasteiger partial charge in [-0.3, -0.25) is 0 Å². The van der Waals surface area contributed by atoms with E-state index in [4.69, 9.17) is 4.74 Å². The smallest absolute Gasteiger partial charge is 0.0949 e. The third-order valence-corrected chi connectivity index (χ3v) is 3.54. The van der Waals surface area contributed by atoms with Crippen LogP contribution in [0.3, 0.4) is 0 Å². The number of hydrogen-bond acceptors (Lipinski definition) is 3. The molecule has 1 saturated heterocycles. The van der Waals surface area contributed by atoms with Gasteiger partial charge in [-0.2, -0.15) is 0 Å². The van der Waals surface area contributed by atoms with Gasteiger partial charge in [-0.1, -0.05) is 12.2 Å². The number of rotatable bonds is 6. The Hall–Kier alpha value is -1.13. The summed E-state index contributed by atoms with van der Waals surface area (Å²) in [6.07, 6.45) is 7.64. The highest BCUT2D eigenvalue weighted by Crippen LogP contribution is 2.25. The summed E-state index contributed by atoms with van der Waals surface area (Å²) in [5, 5.41) is 3.65.